The number of ether oxygens (including phenoxy) is 6. The average Bonchev–Trinajstić information content (AvgIpc) is 3.11. The van der Waals surface area contributed by atoms with Crippen molar-refractivity contribution in [3.8, 4) is 23.0 Å². The molecule has 3 rings (SSSR count). The minimum Gasteiger partial charge on any atom is -0.494 e. The van der Waals surface area contributed by atoms with Crippen LogP contribution in [-0.2, 0) is 28.7 Å². The van der Waals surface area contributed by atoms with Crippen molar-refractivity contribution in [2.24, 2.45) is 0 Å². The van der Waals surface area contributed by atoms with E-state index in [4.69, 9.17) is 28.4 Å². The van der Waals surface area contributed by atoms with Gasteiger partial charge in [0.2, 0.25) is 0 Å². The Bertz CT molecular complexity index is 1630. The van der Waals surface area contributed by atoms with Gasteiger partial charge in [-0.3, -0.25) is 0 Å². The zero-order chi connectivity index (χ0) is 35.3. The molecule has 0 bridgehead atoms. The highest BCUT2D eigenvalue weighted by molar-refractivity contribution is 9.10. The van der Waals surface area contributed by atoms with Crippen molar-refractivity contribution in [1.29, 1.82) is 0 Å². The number of benzene rings is 3. The molecule has 0 fully saturated rings. The Labute approximate surface area is 293 Å². The van der Waals surface area contributed by atoms with Crippen LogP contribution in [-0.4, -0.2) is 50.3 Å². The molecule has 0 amide bonds. The molecule has 49 heavy (non-hydrogen) atoms. The Morgan fingerprint density at radius 2 is 0.980 bits per heavy atom. The molecule has 3 aromatic carbocycles. The van der Waals surface area contributed by atoms with Crippen LogP contribution in [0, 0.1) is 0 Å². The van der Waals surface area contributed by atoms with Crippen LogP contribution in [0.3, 0.4) is 0 Å². The van der Waals surface area contributed by atoms with Crippen LogP contribution in [0.15, 0.2) is 109 Å². The number of halogens is 1. The summed E-state index contributed by atoms with van der Waals surface area (Å²) in [5.74, 6) is -0.173. The van der Waals surface area contributed by atoms with E-state index >= 15 is 0 Å². The summed E-state index contributed by atoms with van der Waals surface area (Å²) < 4.78 is 32.4. The van der Waals surface area contributed by atoms with Crippen molar-refractivity contribution in [2.45, 2.75) is 25.7 Å². The summed E-state index contributed by atoms with van der Waals surface area (Å²) in [6, 6.07) is 19.0. The van der Waals surface area contributed by atoms with E-state index in [-0.39, 0.29) is 11.5 Å². The van der Waals surface area contributed by atoms with E-state index in [1.165, 1.54) is 30.4 Å². The highest BCUT2D eigenvalue weighted by Crippen LogP contribution is 2.30. The van der Waals surface area contributed by atoms with E-state index in [9.17, 15) is 19.2 Å². The van der Waals surface area contributed by atoms with E-state index in [1.54, 1.807) is 60.7 Å². The van der Waals surface area contributed by atoms with Gasteiger partial charge in [0, 0.05) is 24.3 Å². The first-order valence-electron chi connectivity index (χ1n) is 15.4. The van der Waals surface area contributed by atoms with Gasteiger partial charge in [-0.05, 0) is 107 Å². The highest BCUT2D eigenvalue weighted by atomic mass is 79.9. The molecule has 0 heterocycles. The van der Waals surface area contributed by atoms with Crippen molar-refractivity contribution < 1.29 is 47.6 Å². The average molecular weight is 734 g/mol. The zero-order valence-electron chi connectivity index (χ0n) is 26.8. The van der Waals surface area contributed by atoms with Gasteiger partial charge in [-0.1, -0.05) is 37.4 Å². The summed E-state index contributed by atoms with van der Waals surface area (Å²) in [6.45, 7) is 8.28. The molecule has 0 N–H and O–H groups in total. The lowest BCUT2D eigenvalue weighted by molar-refractivity contribution is -0.138. The van der Waals surface area contributed by atoms with Crippen LogP contribution in [0.1, 0.15) is 36.8 Å². The van der Waals surface area contributed by atoms with Crippen molar-refractivity contribution in [3.63, 3.8) is 0 Å². The molecule has 0 radical (unpaired) electrons. The second-order valence-electron chi connectivity index (χ2n) is 10.1. The van der Waals surface area contributed by atoms with E-state index < -0.39 is 23.9 Å². The molecule has 0 saturated carbocycles. The van der Waals surface area contributed by atoms with Crippen LogP contribution in [0.25, 0.3) is 12.2 Å². The number of esters is 4. The fourth-order valence-electron chi connectivity index (χ4n) is 3.85. The third kappa shape index (κ3) is 15.4. The standard InChI is InChI=1S/C38H37BrO10/c1-3-35(40)46-25-7-5-23-44-30-15-9-28(10-16-30)13-21-37(42)48-32-19-20-34(33(39)27-32)49-38(43)22-14-29-11-17-31(18-12-29)45-24-6-8-26-47-36(41)4-2/h3-4,9-22,27H,1-2,5-8,23-26H2. The van der Waals surface area contributed by atoms with Crippen LogP contribution in [0.4, 0.5) is 0 Å². The van der Waals surface area contributed by atoms with Gasteiger partial charge in [-0.25, -0.2) is 19.2 Å². The number of carbonyl (C=O) groups is 4. The zero-order valence-corrected chi connectivity index (χ0v) is 28.4. The van der Waals surface area contributed by atoms with E-state index in [2.05, 4.69) is 29.1 Å². The predicted octanol–water partition coefficient (Wildman–Crippen LogP) is 7.46. The summed E-state index contributed by atoms with van der Waals surface area (Å²) in [4.78, 5) is 46.8. The topological polar surface area (TPSA) is 124 Å². The van der Waals surface area contributed by atoms with Gasteiger partial charge in [0.05, 0.1) is 30.9 Å². The van der Waals surface area contributed by atoms with Crippen LogP contribution < -0.4 is 18.9 Å². The molecule has 10 nitrogen and oxygen atoms in total. The summed E-state index contributed by atoms with van der Waals surface area (Å²) >= 11 is 3.35. The van der Waals surface area contributed by atoms with Gasteiger partial charge in [-0.15, -0.1) is 0 Å². The lowest BCUT2D eigenvalue weighted by Crippen LogP contribution is -2.06. The molecule has 0 saturated heterocycles. The molecule has 0 spiro atoms. The SMILES string of the molecule is C=CC(=O)OCCCCOc1ccc(C=CC(=O)Oc2ccc(OC(=O)C=Cc3ccc(OCCCCOC(=O)C=C)cc3)c(Br)c2)cc1. The fourth-order valence-corrected chi connectivity index (χ4v) is 4.29. The Morgan fingerprint density at radius 1 is 0.551 bits per heavy atom. The van der Waals surface area contributed by atoms with Gasteiger partial charge in [0.1, 0.15) is 23.0 Å². The van der Waals surface area contributed by atoms with Gasteiger partial charge < -0.3 is 28.4 Å². The van der Waals surface area contributed by atoms with Crippen LogP contribution in [0.2, 0.25) is 0 Å². The van der Waals surface area contributed by atoms with E-state index in [0.29, 0.717) is 55.2 Å². The quantitative estimate of drug-likeness (QED) is 0.0500. The fraction of sp³-hybridized carbons (Fsp3) is 0.211. The van der Waals surface area contributed by atoms with Crippen LogP contribution in [0.5, 0.6) is 23.0 Å². The highest BCUT2D eigenvalue weighted by Gasteiger charge is 2.09. The Balaban J connectivity index is 1.37. The van der Waals surface area contributed by atoms with E-state index in [1.807, 2.05) is 0 Å². The second-order valence-corrected chi connectivity index (χ2v) is 10.9. The third-order valence-electron chi connectivity index (χ3n) is 6.35. The first-order chi connectivity index (χ1) is 23.7. The molecule has 0 aliphatic rings. The first kappa shape index (κ1) is 38.0. The maximum atomic E-state index is 12.4. The molecule has 0 unspecified atom stereocenters. The molecule has 0 atom stereocenters. The number of hydrogen-bond donors (Lipinski definition) is 0. The lowest BCUT2D eigenvalue weighted by atomic mass is 10.2. The Kier molecular flexibility index (Phi) is 16.7. The van der Waals surface area contributed by atoms with Crippen LogP contribution >= 0.6 is 15.9 Å². The largest absolute Gasteiger partial charge is 0.494 e. The Morgan fingerprint density at radius 3 is 1.43 bits per heavy atom. The molecule has 0 aliphatic heterocycles. The number of rotatable bonds is 20. The monoisotopic (exact) mass is 732 g/mol. The Hall–Kier alpha value is -5.42. The van der Waals surface area contributed by atoms with Crippen molar-refractivity contribution >= 4 is 52.0 Å². The number of unbranched alkanes of at least 4 members (excludes halogenated alkanes) is 2. The minimum absolute atomic E-state index is 0.256. The molecule has 0 aromatic heterocycles. The maximum Gasteiger partial charge on any atom is 0.336 e. The van der Waals surface area contributed by atoms with Crippen molar-refractivity contribution in [3.05, 3.63) is 120 Å². The maximum absolute atomic E-state index is 12.4. The second kappa shape index (κ2) is 21.5. The van der Waals surface area contributed by atoms with Crippen molar-refractivity contribution in [1.82, 2.24) is 0 Å². The van der Waals surface area contributed by atoms with E-state index in [0.717, 1.165) is 36.1 Å². The molecule has 3 aromatic rings. The molecular weight excluding hydrogens is 696 g/mol. The van der Waals surface area contributed by atoms with Gasteiger partial charge >= 0.3 is 23.9 Å². The summed E-state index contributed by atoms with van der Waals surface area (Å²) in [5.41, 5.74) is 1.55. The third-order valence-corrected chi connectivity index (χ3v) is 6.97. The summed E-state index contributed by atoms with van der Waals surface area (Å²) in [6.07, 6.45) is 10.9. The first-order valence-corrected chi connectivity index (χ1v) is 16.2. The molecule has 0 aliphatic carbocycles. The molecular formula is C38H37BrO10. The number of carbonyl (C=O) groups excluding carboxylic acids is 4. The van der Waals surface area contributed by atoms with Crippen molar-refractivity contribution in [2.75, 3.05) is 26.4 Å². The molecule has 11 heteroatoms. The predicted molar refractivity (Wildman–Crippen MR) is 188 cm³/mol. The lowest BCUT2D eigenvalue weighted by Gasteiger charge is -2.07. The van der Waals surface area contributed by atoms with Gasteiger partial charge in [0.25, 0.3) is 0 Å². The normalized spacial score (nSPS) is 10.7. The van der Waals surface area contributed by atoms with Gasteiger partial charge in [-0.2, -0.15) is 0 Å². The van der Waals surface area contributed by atoms with Gasteiger partial charge in [0.15, 0.2) is 0 Å². The smallest absolute Gasteiger partial charge is 0.336 e. The summed E-state index contributed by atoms with van der Waals surface area (Å²) in [5, 5.41) is 0. The molecule has 256 valence electrons. The number of hydrogen-bond acceptors (Lipinski definition) is 10. The summed E-state index contributed by atoms with van der Waals surface area (Å²) in [7, 11) is 0. The minimum atomic E-state index is -0.589.